The van der Waals surface area contributed by atoms with Gasteiger partial charge in [0, 0.05) is 36.4 Å². The predicted octanol–water partition coefficient (Wildman–Crippen LogP) is 2.83. The lowest BCUT2D eigenvalue weighted by atomic mass is 9.80. The number of nitrogens with one attached hydrogen (secondary N) is 1. The van der Waals surface area contributed by atoms with Gasteiger partial charge in [-0.3, -0.25) is 10.1 Å². The number of dihydropyridines is 1. The zero-order chi connectivity index (χ0) is 21.6. The molecule has 1 aromatic rings. The summed E-state index contributed by atoms with van der Waals surface area (Å²) in [6.07, 6.45) is 8.13. The largest absolute Gasteiger partial charge is 0.478 e. The molecule has 1 aliphatic heterocycles. The molecular weight excluding hydrogens is 376 g/mol. The molecule has 0 fully saturated rings. The highest BCUT2D eigenvalue weighted by Gasteiger charge is 2.37. The van der Waals surface area contributed by atoms with Crippen LogP contribution in [0.15, 0.2) is 46.8 Å². The van der Waals surface area contributed by atoms with Gasteiger partial charge in [0.2, 0.25) is 0 Å². The zero-order valence-electron chi connectivity index (χ0n) is 15.8. The monoisotopic (exact) mass is 394 g/mol. The van der Waals surface area contributed by atoms with Gasteiger partial charge < -0.3 is 15.2 Å². The van der Waals surface area contributed by atoms with Gasteiger partial charge in [-0.25, -0.2) is 9.59 Å². The van der Waals surface area contributed by atoms with Crippen molar-refractivity contribution in [1.82, 2.24) is 5.32 Å². The van der Waals surface area contributed by atoms with E-state index in [0.29, 0.717) is 24.2 Å². The van der Waals surface area contributed by atoms with E-state index in [1.807, 2.05) is 0 Å². The van der Waals surface area contributed by atoms with Crippen molar-refractivity contribution in [3.8, 4) is 24.4 Å². The zero-order valence-corrected chi connectivity index (χ0v) is 15.8. The fraction of sp³-hybridized carbons (Fsp3) is 0.238. The first-order valence-electron chi connectivity index (χ1n) is 8.56. The van der Waals surface area contributed by atoms with E-state index in [-0.39, 0.29) is 22.4 Å². The number of carboxylic acid groups (broad SMARTS) is 1. The SMILES string of the molecule is C#CCCC#COC(=O)C1=C(C)NC(C)=C(C(=O)O)C1c1cccc([N+](=O)[O-])c1. The first-order chi connectivity index (χ1) is 13.8. The van der Waals surface area contributed by atoms with Gasteiger partial charge in [-0.2, -0.15) is 0 Å². The van der Waals surface area contributed by atoms with Crippen LogP contribution in [-0.2, 0) is 14.3 Å². The number of nitrogens with zero attached hydrogens (tertiary/aromatic N) is 1. The molecule has 1 aliphatic rings. The van der Waals surface area contributed by atoms with E-state index in [2.05, 4.69) is 23.3 Å². The maximum absolute atomic E-state index is 12.7. The second kappa shape index (κ2) is 9.25. The summed E-state index contributed by atoms with van der Waals surface area (Å²) in [5.41, 5.74) is 0.664. The van der Waals surface area contributed by atoms with Crippen LogP contribution in [-0.4, -0.2) is 22.0 Å². The minimum atomic E-state index is -1.26. The topological polar surface area (TPSA) is 119 Å². The molecule has 0 aromatic heterocycles. The van der Waals surface area contributed by atoms with Crippen LogP contribution < -0.4 is 5.32 Å². The highest BCUT2D eigenvalue weighted by atomic mass is 16.6. The highest BCUT2D eigenvalue weighted by Crippen LogP contribution is 2.39. The number of non-ortho nitro benzene ring substituents is 1. The van der Waals surface area contributed by atoms with Gasteiger partial charge in [-0.15, -0.1) is 12.3 Å². The first kappa shape index (κ1) is 21.3. The lowest BCUT2D eigenvalue weighted by molar-refractivity contribution is -0.384. The Bertz CT molecular complexity index is 1030. The number of carbonyl (C=O) groups is 2. The summed E-state index contributed by atoms with van der Waals surface area (Å²) in [7, 11) is 0. The molecule has 8 heteroatoms. The van der Waals surface area contributed by atoms with Crippen molar-refractivity contribution in [2.24, 2.45) is 0 Å². The number of benzene rings is 1. The van der Waals surface area contributed by atoms with Gasteiger partial charge in [0.05, 0.1) is 22.0 Å². The van der Waals surface area contributed by atoms with E-state index in [0.717, 1.165) is 0 Å². The lowest BCUT2D eigenvalue weighted by Gasteiger charge is -2.29. The number of aliphatic carboxylic acids is 1. The van der Waals surface area contributed by atoms with E-state index in [9.17, 15) is 24.8 Å². The maximum Gasteiger partial charge on any atom is 0.350 e. The summed E-state index contributed by atoms with van der Waals surface area (Å²) in [6.45, 7) is 3.15. The van der Waals surface area contributed by atoms with Crippen molar-refractivity contribution < 1.29 is 24.4 Å². The van der Waals surface area contributed by atoms with Gasteiger partial charge in [-0.1, -0.05) is 18.1 Å². The number of carboxylic acids is 1. The third-order valence-electron chi connectivity index (χ3n) is 4.24. The van der Waals surface area contributed by atoms with E-state index in [1.165, 1.54) is 24.3 Å². The van der Waals surface area contributed by atoms with Gasteiger partial charge in [0.1, 0.15) is 6.11 Å². The summed E-state index contributed by atoms with van der Waals surface area (Å²) < 4.78 is 4.98. The molecule has 0 radical (unpaired) electrons. The van der Waals surface area contributed by atoms with Crippen molar-refractivity contribution in [3.63, 3.8) is 0 Å². The van der Waals surface area contributed by atoms with Crippen LogP contribution in [0.2, 0.25) is 0 Å². The molecule has 0 amide bonds. The average Bonchev–Trinajstić information content (AvgIpc) is 2.66. The first-order valence-corrected chi connectivity index (χ1v) is 8.56. The molecule has 0 saturated heterocycles. The van der Waals surface area contributed by atoms with Gasteiger partial charge >= 0.3 is 11.9 Å². The molecule has 1 heterocycles. The lowest BCUT2D eigenvalue weighted by Crippen LogP contribution is -2.31. The molecule has 8 nitrogen and oxygen atoms in total. The number of nitro benzene ring substituents is 1. The number of carbonyl (C=O) groups excluding carboxylic acids is 1. The van der Waals surface area contributed by atoms with Crippen LogP contribution in [0, 0.1) is 34.5 Å². The summed E-state index contributed by atoms with van der Waals surface area (Å²) in [6, 6.07) is 5.49. The fourth-order valence-electron chi connectivity index (χ4n) is 3.02. The molecule has 0 spiro atoms. The molecule has 1 atom stereocenters. The molecule has 148 valence electrons. The number of ether oxygens (including phenoxy) is 1. The number of nitro groups is 1. The fourth-order valence-corrected chi connectivity index (χ4v) is 3.02. The Balaban J connectivity index is 2.53. The number of terminal acetylenes is 1. The second-order valence-corrected chi connectivity index (χ2v) is 6.17. The highest BCUT2D eigenvalue weighted by molar-refractivity contribution is 5.99. The van der Waals surface area contributed by atoms with E-state index < -0.39 is 22.8 Å². The number of allylic oxidation sites excluding steroid dienone is 2. The Morgan fingerprint density at radius 3 is 2.59 bits per heavy atom. The number of unbranched alkanes of at least 4 members (excludes halogenated alkanes) is 1. The number of hydrogen-bond acceptors (Lipinski definition) is 6. The van der Waals surface area contributed by atoms with Crippen LogP contribution in [0.25, 0.3) is 0 Å². The van der Waals surface area contributed by atoms with Crippen LogP contribution in [0.4, 0.5) is 5.69 Å². The summed E-state index contributed by atoms with van der Waals surface area (Å²) in [4.78, 5) is 35.2. The molecule has 0 aliphatic carbocycles. The van der Waals surface area contributed by atoms with Gasteiger partial charge in [0.25, 0.3) is 5.69 Å². The molecule has 29 heavy (non-hydrogen) atoms. The average molecular weight is 394 g/mol. The molecule has 2 N–H and O–H groups in total. The minimum Gasteiger partial charge on any atom is -0.478 e. The normalized spacial score (nSPS) is 15.6. The van der Waals surface area contributed by atoms with Crippen molar-refractivity contribution in [2.45, 2.75) is 32.6 Å². The third-order valence-corrected chi connectivity index (χ3v) is 4.24. The van der Waals surface area contributed by atoms with Crippen molar-refractivity contribution in [1.29, 1.82) is 0 Å². The van der Waals surface area contributed by atoms with E-state index in [1.54, 1.807) is 13.8 Å². The second-order valence-electron chi connectivity index (χ2n) is 6.17. The van der Waals surface area contributed by atoms with Gasteiger partial charge in [0.15, 0.2) is 0 Å². The van der Waals surface area contributed by atoms with Gasteiger partial charge in [-0.05, 0) is 19.4 Å². The van der Waals surface area contributed by atoms with Crippen LogP contribution >= 0.6 is 0 Å². The van der Waals surface area contributed by atoms with E-state index >= 15 is 0 Å². The minimum absolute atomic E-state index is 0.0137. The number of esters is 1. The number of rotatable bonds is 5. The smallest absolute Gasteiger partial charge is 0.350 e. The van der Waals surface area contributed by atoms with Crippen LogP contribution in [0.5, 0.6) is 0 Å². The molecule has 0 saturated carbocycles. The van der Waals surface area contributed by atoms with Crippen LogP contribution in [0.3, 0.4) is 0 Å². The van der Waals surface area contributed by atoms with Crippen molar-refractivity contribution >= 4 is 17.6 Å². The quantitative estimate of drug-likeness (QED) is 0.259. The number of hydrogen-bond donors (Lipinski definition) is 2. The van der Waals surface area contributed by atoms with E-state index in [4.69, 9.17) is 11.2 Å². The standard InChI is InChI=1S/C21H18N2O6/c1-4-5-6-7-11-29-21(26)18-14(3)22-13(2)17(20(24)25)19(18)15-9-8-10-16(12-15)23(27)28/h1,8-10,12,19,22H,5-6H2,2-3H3,(H,24,25). The molecular formula is C21H18N2O6. The Hall–Kier alpha value is -4.04. The Morgan fingerprint density at radius 1 is 1.28 bits per heavy atom. The Labute approximate surface area is 167 Å². The third kappa shape index (κ3) is 4.82. The Kier molecular flexibility index (Phi) is 6.78. The summed E-state index contributed by atoms with van der Waals surface area (Å²) >= 11 is 0. The summed E-state index contributed by atoms with van der Waals surface area (Å²) in [5.74, 6) is 1.84. The maximum atomic E-state index is 12.7. The van der Waals surface area contributed by atoms with Crippen molar-refractivity contribution in [3.05, 3.63) is 62.5 Å². The van der Waals surface area contributed by atoms with Crippen molar-refractivity contribution in [2.75, 3.05) is 0 Å². The molecule has 1 unspecified atom stereocenters. The molecule has 1 aromatic carbocycles. The molecule has 0 bridgehead atoms. The summed E-state index contributed by atoms with van der Waals surface area (Å²) in [5, 5.41) is 23.7. The molecule has 2 rings (SSSR count). The Morgan fingerprint density at radius 2 is 1.97 bits per heavy atom. The van der Waals surface area contributed by atoms with Crippen LogP contribution in [0.1, 0.15) is 38.2 Å². The predicted molar refractivity (Wildman–Crippen MR) is 104 cm³/mol.